The van der Waals surface area contributed by atoms with E-state index in [0.717, 1.165) is 17.5 Å². The third kappa shape index (κ3) is 3.33. The number of rotatable bonds is 4. The maximum absolute atomic E-state index is 13.4. The predicted octanol–water partition coefficient (Wildman–Crippen LogP) is 3.80. The zero-order valence-corrected chi connectivity index (χ0v) is 14.1. The van der Waals surface area contributed by atoms with Crippen LogP contribution in [0.25, 0.3) is 0 Å². The first-order chi connectivity index (χ1) is 10.6. The Morgan fingerprint density at radius 3 is 3.00 bits per heavy atom. The summed E-state index contributed by atoms with van der Waals surface area (Å²) in [6, 6.07) is 8.83. The maximum Gasteiger partial charge on any atom is 0.233 e. The van der Waals surface area contributed by atoms with Crippen molar-refractivity contribution in [1.29, 1.82) is 0 Å². The Kier molecular flexibility index (Phi) is 4.78. The molecule has 0 bridgehead atoms. The number of nitrogens with zero attached hydrogens (tertiary/aromatic N) is 2. The smallest absolute Gasteiger partial charge is 0.233 e. The van der Waals surface area contributed by atoms with E-state index in [9.17, 15) is 9.18 Å². The zero-order chi connectivity index (χ0) is 15.5. The average Bonchev–Trinajstić information content (AvgIpc) is 2.90. The van der Waals surface area contributed by atoms with E-state index in [1.54, 1.807) is 30.1 Å². The molecule has 1 aromatic carbocycles. The van der Waals surface area contributed by atoms with Gasteiger partial charge in [0.1, 0.15) is 11.2 Å². The van der Waals surface area contributed by atoms with Gasteiger partial charge >= 0.3 is 0 Å². The Hall–Kier alpha value is -1.40. The maximum atomic E-state index is 13.4. The van der Waals surface area contributed by atoms with Crippen LogP contribution in [0.2, 0.25) is 0 Å². The number of hydrogen-bond donors (Lipinski definition) is 0. The Balaban J connectivity index is 1.75. The molecule has 6 heteroatoms. The summed E-state index contributed by atoms with van der Waals surface area (Å²) in [7, 11) is 0. The normalized spacial score (nSPS) is 18.0. The molecule has 1 aliphatic rings. The van der Waals surface area contributed by atoms with Crippen LogP contribution in [0.15, 0.2) is 47.2 Å². The van der Waals surface area contributed by atoms with Gasteiger partial charge in [0.25, 0.3) is 0 Å². The van der Waals surface area contributed by atoms with Gasteiger partial charge in [-0.15, -0.1) is 11.8 Å². The van der Waals surface area contributed by atoms with E-state index in [4.69, 9.17) is 0 Å². The Morgan fingerprint density at radius 1 is 1.41 bits per heavy atom. The first-order valence-electron chi connectivity index (χ1n) is 6.90. The van der Waals surface area contributed by atoms with Crippen molar-refractivity contribution in [2.45, 2.75) is 11.8 Å². The second-order valence-corrected chi connectivity index (χ2v) is 6.96. The molecule has 2 heterocycles. The molecule has 0 radical (unpaired) electrons. The Bertz CT molecular complexity index is 683. The fourth-order valence-electron chi connectivity index (χ4n) is 2.43. The molecule has 1 unspecified atom stereocenters. The summed E-state index contributed by atoms with van der Waals surface area (Å²) in [6.07, 6.45) is 4.31. The topological polar surface area (TPSA) is 33.2 Å². The van der Waals surface area contributed by atoms with Gasteiger partial charge in [-0.1, -0.05) is 12.1 Å². The highest BCUT2D eigenvalue weighted by Gasteiger charge is 2.32. The van der Waals surface area contributed by atoms with Gasteiger partial charge in [-0.25, -0.2) is 4.39 Å². The van der Waals surface area contributed by atoms with E-state index < -0.39 is 0 Å². The predicted molar refractivity (Wildman–Crippen MR) is 89.0 cm³/mol. The molecule has 1 amide bonds. The highest BCUT2D eigenvalue weighted by Crippen LogP contribution is 2.39. The fraction of sp³-hybridized carbons (Fsp3) is 0.250. The Labute approximate surface area is 141 Å². The van der Waals surface area contributed by atoms with Gasteiger partial charge < -0.3 is 4.90 Å². The number of hydrogen-bond acceptors (Lipinski definition) is 3. The molecule has 1 atom stereocenters. The third-order valence-electron chi connectivity index (χ3n) is 3.56. The monoisotopic (exact) mass is 380 g/mol. The van der Waals surface area contributed by atoms with Crippen LogP contribution in [0.1, 0.15) is 16.5 Å². The van der Waals surface area contributed by atoms with Gasteiger partial charge in [-0.2, -0.15) is 0 Å². The minimum atomic E-state index is -0.292. The van der Waals surface area contributed by atoms with E-state index in [2.05, 4.69) is 20.9 Å². The quantitative estimate of drug-likeness (QED) is 0.808. The van der Waals surface area contributed by atoms with Crippen LogP contribution in [0.3, 0.4) is 0 Å². The van der Waals surface area contributed by atoms with Crippen LogP contribution >= 0.6 is 27.7 Å². The number of amides is 1. The lowest BCUT2D eigenvalue weighted by Gasteiger charge is -2.24. The summed E-state index contributed by atoms with van der Waals surface area (Å²) in [5.74, 6) is 0.298. The van der Waals surface area contributed by atoms with Gasteiger partial charge in [0.15, 0.2) is 0 Å². The number of benzene rings is 1. The van der Waals surface area contributed by atoms with Crippen LogP contribution in [0.4, 0.5) is 4.39 Å². The highest BCUT2D eigenvalue weighted by atomic mass is 79.9. The average molecular weight is 381 g/mol. The van der Waals surface area contributed by atoms with E-state index in [-0.39, 0.29) is 17.1 Å². The summed E-state index contributed by atoms with van der Waals surface area (Å²) < 4.78 is 13.8. The summed E-state index contributed by atoms with van der Waals surface area (Å²) >= 11 is 4.79. The second-order valence-electron chi connectivity index (χ2n) is 5.04. The first-order valence-corrected chi connectivity index (χ1v) is 8.74. The molecule has 0 aliphatic carbocycles. The number of aromatic nitrogens is 1. The van der Waals surface area contributed by atoms with Crippen molar-refractivity contribution >= 4 is 33.6 Å². The molecule has 22 heavy (non-hydrogen) atoms. The summed E-state index contributed by atoms with van der Waals surface area (Å²) in [5.41, 5.74) is 2.04. The lowest BCUT2D eigenvalue weighted by Crippen LogP contribution is -2.30. The summed E-state index contributed by atoms with van der Waals surface area (Å²) in [4.78, 5) is 18.1. The van der Waals surface area contributed by atoms with Crippen molar-refractivity contribution in [3.05, 3.63) is 64.1 Å². The van der Waals surface area contributed by atoms with Gasteiger partial charge in [-0.05, 0) is 51.7 Å². The molecule has 1 aliphatic heterocycles. The molecular weight excluding hydrogens is 367 g/mol. The lowest BCUT2D eigenvalue weighted by molar-refractivity contribution is -0.128. The van der Waals surface area contributed by atoms with Crippen molar-refractivity contribution in [2.24, 2.45) is 0 Å². The highest BCUT2D eigenvalue weighted by molar-refractivity contribution is 9.10. The molecule has 1 saturated heterocycles. The van der Waals surface area contributed by atoms with Crippen LogP contribution in [0.5, 0.6) is 0 Å². The van der Waals surface area contributed by atoms with Gasteiger partial charge in [0.05, 0.1) is 10.2 Å². The molecule has 0 spiro atoms. The van der Waals surface area contributed by atoms with Crippen molar-refractivity contribution < 1.29 is 9.18 Å². The fourth-order valence-corrected chi connectivity index (χ4v) is 4.04. The van der Waals surface area contributed by atoms with E-state index in [0.29, 0.717) is 16.8 Å². The van der Waals surface area contributed by atoms with Gasteiger partial charge in [0, 0.05) is 18.9 Å². The van der Waals surface area contributed by atoms with Gasteiger partial charge in [0.2, 0.25) is 5.91 Å². The molecule has 1 fully saturated rings. The van der Waals surface area contributed by atoms with Crippen LogP contribution in [-0.4, -0.2) is 28.1 Å². The largest absolute Gasteiger partial charge is 0.325 e. The van der Waals surface area contributed by atoms with E-state index >= 15 is 0 Å². The zero-order valence-electron chi connectivity index (χ0n) is 11.7. The standard InChI is InChI=1S/C16H14BrFN2OS/c17-13-8-12(3-4-14(13)18)16-20(15(21)10-22-16)7-5-11-2-1-6-19-9-11/h1-4,6,8-9,16H,5,7,10H2. The molecule has 3 nitrogen and oxygen atoms in total. The Morgan fingerprint density at radius 2 is 2.27 bits per heavy atom. The molecule has 0 saturated carbocycles. The molecule has 3 rings (SSSR count). The van der Waals surface area contributed by atoms with Crippen molar-refractivity contribution in [1.82, 2.24) is 9.88 Å². The van der Waals surface area contributed by atoms with Crippen molar-refractivity contribution in [3.63, 3.8) is 0 Å². The lowest BCUT2D eigenvalue weighted by atomic mass is 10.1. The molecule has 2 aromatic rings. The SMILES string of the molecule is O=C1CSC(c2ccc(F)c(Br)c2)N1CCc1cccnc1. The first kappa shape index (κ1) is 15.5. The second kappa shape index (κ2) is 6.79. The number of thioether (sulfide) groups is 1. The minimum Gasteiger partial charge on any atom is -0.325 e. The summed E-state index contributed by atoms with van der Waals surface area (Å²) in [6.45, 7) is 0.636. The van der Waals surface area contributed by atoms with E-state index in [1.165, 1.54) is 6.07 Å². The number of halogens is 2. The van der Waals surface area contributed by atoms with Crippen LogP contribution < -0.4 is 0 Å². The van der Waals surface area contributed by atoms with Crippen LogP contribution in [0, 0.1) is 5.82 Å². The number of carbonyl (C=O) groups is 1. The van der Waals surface area contributed by atoms with Gasteiger partial charge in [-0.3, -0.25) is 9.78 Å². The molecular formula is C16H14BrFN2OS. The molecule has 0 N–H and O–H groups in total. The summed E-state index contributed by atoms with van der Waals surface area (Å²) in [5, 5.41) is -0.0546. The minimum absolute atomic E-state index is 0.0546. The molecule has 1 aromatic heterocycles. The molecule has 114 valence electrons. The van der Waals surface area contributed by atoms with Crippen molar-refractivity contribution in [2.75, 3.05) is 12.3 Å². The number of pyridine rings is 1. The van der Waals surface area contributed by atoms with E-state index in [1.807, 2.05) is 23.2 Å². The number of carbonyl (C=O) groups excluding carboxylic acids is 1. The third-order valence-corrected chi connectivity index (χ3v) is 5.42. The van der Waals surface area contributed by atoms with Crippen molar-refractivity contribution in [3.8, 4) is 0 Å². The van der Waals surface area contributed by atoms with Crippen LogP contribution in [-0.2, 0) is 11.2 Å².